The minimum atomic E-state index is 0.416. The smallest absolute Gasteiger partial charge is 0.166 e. The van der Waals surface area contributed by atoms with Gasteiger partial charge in [-0.1, -0.05) is 47.5 Å². The molecule has 1 N–H and O–H groups in total. The summed E-state index contributed by atoms with van der Waals surface area (Å²) in [6, 6.07) is 19.0. The molecule has 0 radical (unpaired) electrons. The molecule has 0 aliphatic carbocycles. The van der Waals surface area contributed by atoms with E-state index in [0.717, 1.165) is 16.8 Å². The number of ether oxygens (including phenoxy) is 3. The quantitative estimate of drug-likeness (QED) is 0.473. The summed E-state index contributed by atoms with van der Waals surface area (Å²) < 4.78 is 16.8. The van der Waals surface area contributed by atoms with E-state index in [0.29, 0.717) is 40.4 Å². The number of methoxy groups -OCH3 is 2. The fourth-order valence-corrected chi connectivity index (χ4v) is 3.12. The van der Waals surface area contributed by atoms with Gasteiger partial charge in [-0.15, -0.1) is 0 Å². The minimum Gasteiger partial charge on any atom is -0.495 e. The van der Waals surface area contributed by atoms with Crippen LogP contribution in [0.15, 0.2) is 60.7 Å². The van der Waals surface area contributed by atoms with E-state index in [1.807, 2.05) is 60.7 Å². The van der Waals surface area contributed by atoms with E-state index in [4.69, 9.17) is 37.4 Å². The zero-order chi connectivity index (χ0) is 19.9. The molecule has 3 rings (SSSR count). The van der Waals surface area contributed by atoms with Crippen LogP contribution in [0, 0.1) is 0 Å². The molecule has 4 nitrogen and oxygen atoms in total. The highest BCUT2D eigenvalue weighted by molar-refractivity contribution is 6.32. The Morgan fingerprint density at radius 2 is 1.61 bits per heavy atom. The molecule has 3 aromatic rings. The van der Waals surface area contributed by atoms with Crippen LogP contribution in [-0.4, -0.2) is 14.2 Å². The molecule has 0 aliphatic rings. The normalized spacial score (nSPS) is 10.4. The number of rotatable bonds is 8. The second-order valence-corrected chi connectivity index (χ2v) is 6.91. The maximum absolute atomic E-state index is 6.20. The molecule has 0 unspecified atom stereocenters. The zero-order valence-corrected chi connectivity index (χ0v) is 17.2. The molecular weight excluding hydrogens is 397 g/mol. The summed E-state index contributed by atoms with van der Waals surface area (Å²) >= 11 is 12.1. The second kappa shape index (κ2) is 9.58. The number of hydrogen-bond acceptors (Lipinski definition) is 4. The van der Waals surface area contributed by atoms with Crippen molar-refractivity contribution in [3.63, 3.8) is 0 Å². The summed E-state index contributed by atoms with van der Waals surface area (Å²) in [5.41, 5.74) is 2.88. The fraction of sp³-hybridized carbons (Fsp3) is 0.182. The van der Waals surface area contributed by atoms with Crippen molar-refractivity contribution in [2.45, 2.75) is 13.2 Å². The molecule has 0 heterocycles. The Morgan fingerprint density at radius 1 is 0.857 bits per heavy atom. The average molecular weight is 418 g/mol. The molecule has 0 bridgehead atoms. The van der Waals surface area contributed by atoms with Crippen LogP contribution in [0.4, 0.5) is 5.69 Å². The Morgan fingerprint density at radius 3 is 2.29 bits per heavy atom. The van der Waals surface area contributed by atoms with Crippen molar-refractivity contribution in [3.8, 4) is 17.2 Å². The molecule has 0 atom stereocenters. The second-order valence-electron chi connectivity index (χ2n) is 6.07. The van der Waals surface area contributed by atoms with Gasteiger partial charge in [-0.05, 0) is 42.0 Å². The molecule has 0 saturated heterocycles. The first-order valence-electron chi connectivity index (χ1n) is 8.71. The minimum absolute atomic E-state index is 0.416. The molecule has 0 aliphatic heterocycles. The molecule has 3 aromatic carbocycles. The molecule has 0 amide bonds. The lowest BCUT2D eigenvalue weighted by atomic mass is 10.1. The molecule has 28 heavy (non-hydrogen) atoms. The Balaban J connectivity index is 1.75. The van der Waals surface area contributed by atoms with E-state index in [-0.39, 0.29) is 0 Å². The van der Waals surface area contributed by atoms with Crippen LogP contribution >= 0.6 is 23.2 Å². The van der Waals surface area contributed by atoms with E-state index in [2.05, 4.69) is 5.32 Å². The largest absolute Gasteiger partial charge is 0.495 e. The Bertz CT molecular complexity index is 930. The highest BCUT2D eigenvalue weighted by Crippen LogP contribution is 2.33. The van der Waals surface area contributed by atoms with Crippen LogP contribution in [0.1, 0.15) is 11.1 Å². The number of hydrogen-bond donors (Lipinski definition) is 1. The van der Waals surface area contributed by atoms with Crippen LogP contribution in [0.2, 0.25) is 10.0 Å². The molecule has 146 valence electrons. The lowest BCUT2D eigenvalue weighted by Crippen LogP contribution is -2.05. The number of para-hydroxylation sites is 1. The lowest BCUT2D eigenvalue weighted by molar-refractivity contribution is 0.281. The van der Waals surface area contributed by atoms with Gasteiger partial charge in [0.05, 0.1) is 19.2 Å². The summed E-state index contributed by atoms with van der Waals surface area (Å²) in [6.45, 7) is 0.967. The maximum atomic E-state index is 6.20. The van der Waals surface area contributed by atoms with Crippen molar-refractivity contribution in [1.82, 2.24) is 0 Å². The van der Waals surface area contributed by atoms with Crippen LogP contribution < -0.4 is 19.5 Å². The average Bonchev–Trinajstić information content (AvgIpc) is 2.72. The third-order valence-corrected chi connectivity index (χ3v) is 4.76. The number of benzene rings is 3. The van der Waals surface area contributed by atoms with Crippen molar-refractivity contribution >= 4 is 28.9 Å². The van der Waals surface area contributed by atoms with Crippen molar-refractivity contribution in [3.05, 3.63) is 81.8 Å². The van der Waals surface area contributed by atoms with E-state index in [1.54, 1.807) is 14.2 Å². The van der Waals surface area contributed by atoms with Crippen LogP contribution in [-0.2, 0) is 13.2 Å². The van der Waals surface area contributed by atoms with Gasteiger partial charge in [-0.3, -0.25) is 0 Å². The number of anilines is 1. The molecule has 6 heteroatoms. The standard InChI is InChI=1S/C22H21Cl2NO3/c1-26-20-11-10-18(12-19(20)24)25-13-16-4-3-5-21(27-2)22(16)28-14-15-6-8-17(23)9-7-15/h3-12,25H,13-14H2,1-2H3. The Kier molecular flexibility index (Phi) is 6.90. The highest BCUT2D eigenvalue weighted by atomic mass is 35.5. The van der Waals surface area contributed by atoms with Gasteiger partial charge in [0.15, 0.2) is 11.5 Å². The molecule has 0 saturated carbocycles. The summed E-state index contributed by atoms with van der Waals surface area (Å²) in [5, 5.41) is 4.61. The van der Waals surface area contributed by atoms with Crippen molar-refractivity contribution in [1.29, 1.82) is 0 Å². The number of halogens is 2. The van der Waals surface area contributed by atoms with Crippen molar-refractivity contribution < 1.29 is 14.2 Å². The van der Waals surface area contributed by atoms with Gasteiger partial charge >= 0.3 is 0 Å². The fourth-order valence-electron chi connectivity index (χ4n) is 2.73. The van der Waals surface area contributed by atoms with Gasteiger partial charge in [0.25, 0.3) is 0 Å². The maximum Gasteiger partial charge on any atom is 0.166 e. The first-order valence-corrected chi connectivity index (χ1v) is 9.47. The van der Waals surface area contributed by atoms with Gasteiger partial charge in [-0.2, -0.15) is 0 Å². The van der Waals surface area contributed by atoms with E-state index in [1.165, 1.54) is 0 Å². The summed E-state index contributed by atoms with van der Waals surface area (Å²) in [7, 11) is 3.22. The molecular formula is C22H21Cl2NO3. The van der Waals surface area contributed by atoms with E-state index >= 15 is 0 Å². The molecule has 0 spiro atoms. The van der Waals surface area contributed by atoms with E-state index in [9.17, 15) is 0 Å². The topological polar surface area (TPSA) is 39.7 Å². The first kappa shape index (κ1) is 20.2. The third-order valence-electron chi connectivity index (χ3n) is 4.21. The van der Waals surface area contributed by atoms with Crippen LogP contribution in [0.25, 0.3) is 0 Å². The summed E-state index contributed by atoms with van der Waals surface area (Å²) in [6.07, 6.45) is 0. The first-order chi connectivity index (χ1) is 13.6. The number of nitrogens with one attached hydrogen (secondary N) is 1. The monoisotopic (exact) mass is 417 g/mol. The SMILES string of the molecule is COc1ccc(NCc2cccc(OC)c2OCc2ccc(Cl)cc2)cc1Cl. The van der Waals surface area contributed by atoms with Gasteiger partial charge in [0, 0.05) is 22.8 Å². The Labute approximate surface area is 175 Å². The predicted molar refractivity (Wildman–Crippen MR) is 114 cm³/mol. The summed E-state index contributed by atoms with van der Waals surface area (Å²) in [5.74, 6) is 2.02. The highest BCUT2D eigenvalue weighted by Gasteiger charge is 2.11. The van der Waals surface area contributed by atoms with Crippen molar-refractivity contribution in [2.75, 3.05) is 19.5 Å². The molecule has 0 aromatic heterocycles. The van der Waals surface area contributed by atoms with E-state index < -0.39 is 0 Å². The predicted octanol–water partition coefficient (Wildman–Crippen LogP) is 6.20. The molecule has 0 fully saturated rings. The van der Waals surface area contributed by atoms with Crippen LogP contribution in [0.3, 0.4) is 0 Å². The Hall–Kier alpha value is -2.56. The lowest BCUT2D eigenvalue weighted by Gasteiger charge is -2.16. The summed E-state index contributed by atoms with van der Waals surface area (Å²) in [4.78, 5) is 0. The zero-order valence-electron chi connectivity index (χ0n) is 15.7. The van der Waals surface area contributed by atoms with Crippen molar-refractivity contribution in [2.24, 2.45) is 0 Å². The third kappa shape index (κ3) is 5.03. The van der Waals surface area contributed by atoms with Gasteiger partial charge in [-0.25, -0.2) is 0 Å². The van der Waals surface area contributed by atoms with Crippen LogP contribution in [0.5, 0.6) is 17.2 Å². The van der Waals surface area contributed by atoms with Gasteiger partial charge in [0.2, 0.25) is 0 Å². The van der Waals surface area contributed by atoms with Gasteiger partial charge < -0.3 is 19.5 Å². The van der Waals surface area contributed by atoms with Gasteiger partial charge in [0.1, 0.15) is 12.4 Å².